The lowest BCUT2D eigenvalue weighted by atomic mass is 10.0. The summed E-state index contributed by atoms with van der Waals surface area (Å²) < 4.78 is 17.4. The Morgan fingerprint density at radius 3 is 2.42 bits per heavy atom. The normalized spacial score (nSPS) is 14.5. The Kier molecular flexibility index (Phi) is 9.02. The Bertz CT molecular complexity index is 1350. The first kappa shape index (κ1) is 27.6. The number of amides is 2. The Morgan fingerprint density at radius 2 is 1.71 bits per heavy atom. The zero-order valence-corrected chi connectivity index (χ0v) is 23.4. The first-order chi connectivity index (χ1) is 18.2. The molecule has 0 unspecified atom stereocenters. The minimum atomic E-state index is -0.334. The van der Waals surface area contributed by atoms with Gasteiger partial charge in [0, 0.05) is 5.02 Å². The first-order valence-corrected chi connectivity index (χ1v) is 13.5. The second kappa shape index (κ2) is 12.4. The third-order valence-electron chi connectivity index (χ3n) is 6.03. The number of halogens is 1. The molecule has 1 heterocycles. The van der Waals surface area contributed by atoms with Crippen LogP contribution < -0.4 is 14.2 Å². The maximum absolute atomic E-state index is 13.0. The predicted molar refractivity (Wildman–Crippen MR) is 152 cm³/mol. The molecule has 4 rings (SSSR count). The third-order valence-corrected chi connectivity index (χ3v) is 7.19. The Hall–Kier alpha value is -3.42. The highest BCUT2D eigenvalue weighted by atomic mass is 35.5. The highest BCUT2D eigenvalue weighted by molar-refractivity contribution is 8.18. The van der Waals surface area contributed by atoms with Crippen molar-refractivity contribution in [2.24, 2.45) is 0 Å². The molecule has 0 atom stereocenters. The molecule has 0 spiro atoms. The maximum Gasteiger partial charge on any atom is 0.293 e. The van der Waals surface area contributed by atoms with Gasteiger partial charge >= 0.3 is 0 Å². The molecule has 8 heteroatoms. The Morgan fingerprint density at radius 1 is 0.947 bits per heavy atom. The van der Waals surface area contributed by atoms with Crippen molar-refractivity contribution >= 4 is 40.6 Å². The van der Waals surface area contributed by atoms with E-state index in [0.717, 1.165) is 39.8 Å². The second-order valence-electron chi connectivity index (χ2n) is 9.20. The van der Waals surface area contributed by atoms with E-state index in [0.29, 0.717) is 34.0 Å². The van der Waals surface area contributed by atoms with Crippen molar-refractivity contribution in [3.05, 3.63) is 92.8 Å². The molecule has 0 aliphatic carbocycles. The van der Waals surface area contributed by atoms with Crippen LogP contribution in [0, 0.1) is 6.92 Å². The zero-order valence-electron chi connectivity index (χ0n) is 21.8. The summed E-state index contributed by atoms with van der Waals surface area (Å²) in [4.78, 5) is 27.2. The fourth-order valence-corrected chi connectivity index (χ4v) is 4.96. The molecule has 0 N–H and O–H groups in total. The van der Waals surface area contributed by atoms with Crippen LogP contribution in [0.5, 0.6) is 17.2 Å². The number of thioether (sulfide) groups is 1. The summed E-state index contributed by atoms with van der Waals surface area (Å²) in [6.07, 6.45) is 1.69. The summed E-state index contributed by atoms with van der Waals surface area (Å²) >= 11 is 6.86. The minimum Gasteiger partial charge on any atom is -0.493 e. The van der Waals surface area contributed by atoms with E-state index < -0.39 is 0 Å². The minimum absolute atomic E-state index is 0.175. The van der Waals surface area contributed by atoms with Crippen LogP contribution in [0.2, 0.25) is 5.02 Å². The molecule has 3 aromatic rings. The molecule has 1 fully saturated rings. The molecule has 1 aliphatic rings. The number of ether oxygens (including phenoxy) is 3. The van der Waals surface area contributed by atoms with Crippen LogP contribution in [0.4, 0.5) is 4.79 Å². The average molecular weight is 552 g/mol. The van der Waals surface area contributed by atoms with Gasteiger partial charge in [-0.3, -0.25) is 14.5 Å². The lowest BCUT2D eigenvalue weighted by Gasteiger charge is -2.17. The van der Waals surface area contributed by atoms with Crippen LogP contribution in [0.3, 0.4) is 0 Å². The highest BCUT2D eigenvalue weighted by Crippen LogP contribution is 2.35. The van der Waals surface area contributed by atoms with Gasteiger partial charge in [-0.2, -0.15) is 0 Å². The van der Waals surface area contributed by atoms with Crippen molar-refractivity contribution in [2.45, 2.75) is 33.3 Å². The van der Waals surface area contributed by atoms with Gasteiger partial charge < -0.3 is 14.2 Å². The summed E-state index contributed by atoms with van der Waals surface area (Å²) in [5, 5.41) is 0.354. The van der Waals surface area contributed by atoms with Gasteiger partial charge in [0.25, 0.3) is 11.1 Å². The van der Waals surface area contributed by atoms with Gasteiger partial charge in [-0.15, -0.1) is 0 Å². The standard InChI is InChI=1S/C30H30ClNO5S/c1-19(2)24-11-5-20(3)15-26(24)36-14-13-32-29(33)28(38-30(32)34)17-22-8-12-25(27(16-22)35-4)37-18-21-6-9-23(31)10-7-21/h5-12,15-17,19H,13-14,18H2,1-4H3/b28-17-. The lowest BCUT2D eigenvalue weighted by molar-refractivity contribution is -0.123. The highest BCUT2D eigenvalue weighted by Gasteiger charge is 2.35. The Balaban J connectivity index is 1.40. The number of benzene rings is 3. The summed E-state index contributed by atoms with van der Waals surface area (Å²) in [6.45, 7) is 6.97. The van der Waals surface area contributed by atoms with Gasteiger partial charge in [-0.1, -0.05) is 55.8 Å². The van der Waals surface area contributed by atoms with E-state index in [4.69, 9.17) is 25.8 Å². The van der Waals surface area contributed by atoms with Crippen LogP contribution in [0.15, 0.2) is 65.6 Å². The molecule has 2 amide bonds. The molecule has 3 aromatic carbocycles. The van der Waals surface area contributed by atoms with Crippen molar-refractivity contribution in [1.82, 2.24) is 4.90 Å². The number of methoxy groups -OCH3 is 1. The number of carbonyl (C=O) groups excluding carboxylic acids is 2. The fourth-order valence-electron chi connectivity index (χ4n) is 3.97. The van der Waals surface area contributed by atoms with Gasteiger partial charge in [-0.05, 0) is 83.3 Å². The van der Waals surface area contributed by atoms with Crippen LogP contribution in [-0.4, -0.2) is 36.3 Å². The zero-order chi connectivity index (χ0) is 27.2. The summed E-state index contributed by atoms with van der Waals surface area (Å²) in [6, 6.07) is 18.9. The topological polar surface area (TPSA) is 65.1 Å². The van der Waals surface area contributed by atoms with E-state index in [2.05, 4.69) is 26.0 Å². The van der Waals surface area contributed by atoms with Gasteiger partial charge in [0.05, 0.1) is 18.6 Å². The van der Waals surface area contributed by atoms with E-state index in [1.54, 1.807) is 25.3 Å². The molecular formula is C30H30ClNO5S. The molecule has 1 saturated heterocycles. The summed E-state index contributed by atoms with van der Waals surface area (Å²) in [5.74, 6) is 1.85. The monoisotopic (exact) mass is 551 g/mol. The maximum atomic E-state index is 13.0. The molecule has 38 heavy (non-hydrogen) atoms. The SMILES string of the molecule is COc1cc(/C=C2\SC(=O)N(CCOc3cc(C)ccc3C(C)C)C2=O)ccc1OCc1ccc(Cl)cc1. The van der Waals surface area contributed by atoms with Crippen LogP contribution in [-0.2, 0) is 11.4 Å². The smallest absolute Gasteiger partial charge is 0.293 e. The number of carbonyl (C=O) groups is 2. The summed E-state index contributed by atoms with van der Waals surface area (Å²) in [5.41, 5.74) is 3.89. The third kappa shape index (κ3) is 6.71. The second-order valence-corrected chi connectivity index (χ2v) is 10.6. The van der Waals surface area contributed by atoms with Crippen LogP contribution in [0.25, 0.3) is 6.08 Å². The van der Waals surface area contributed by atoms with Crippen molar-refractivity contribution in [3.63, 3.8) is 0 Å². The number of imide groups is 1. The number of aryl methyl sites for hydroxylation is 1. The fraction of sp³-hybridized carbons (Fsp3) is 0.267. The van der Waals surface area contributed by atoms with Crippen molar-refractivity contribution < 1.29 is 23.8 Å². The number of rotatable bonds is 10. The van der Waals surface area contributed by atoms with Crippen LogP contribution >= 0.6 is 23.4 Å². The van der Waals surface area contributed by atoms with Crippen molar-refractivity contribution in [1.29, 1.82) is 0 Å². The molecule has 6 nitrogen and oxygen atoms in total. The Labute approximate surface area is 232 Å². The summed E-state index contributed by atoms with van der Waals surface area (Å²) in [7, 11) is 1.56. The molecule has 1 aliphatic heterocycles. The quantitative estimate of drug-likeness (QED) is 0.243. The van der Waals surface area contributed by atoms with E-state index in [1.807, 2.05) is 43.3 Å². The van der Waals surface area contributed by atoms with E-state index in [9.17, 15) is 9.59 Å². The van der Waals surface area contributed by atoms with E-state index in [-0.39, 0.29) is 24.3 Å². The lowest BCUT2D eigenvalue weighted by Crippen LogP contribution is -2.32. The van der Waals surface area contributed by atoms with E-state index >= 15 is 0 Å². The molecule has 0 bridgehead atoms. The number of hydrogen-bond acceptors (Lipinski definition) is 6. The predicted octanol–water partition coefficient (Wildman–Crippen LogP) is 7.47. The average Bonchev–Trinajstić information content (AvgIpc) is 3.16. The molecule has 0 aromatic heterocycles. The van der Waals surface area contributed by atoms with Crippen molar-refractivity contribution in [2.75, 3.05) is 20.3 Å². The molecular weight excluding hydrogens is 522 g/mol. The molecule has 0 radical (unpaired) electrons. The number of hydrogen-bond donors (Lipinski definition) is 0. The van der Waals surface area contributed by atoms with Gasteiger partial charge in [-0.25, -0.2) is 0 Å². The number of nitrogens with zero attached hydrogens (tertiary/aromatic N) is 1. The van der Waals surface area contributed by atoms with Gasteiger partial charge in [0.2, 0.25) is 0 Å². The van der Waals surface area contributed by atoms with Crippen molar-refractivity contribution in [3.8, 4) is 17.2 Å². The van der Waals surface area contributed by atoms with Gasteiger partial charge in [0.15, 0.2) is 11.5 Å². The molecule has 198 valence electrons. The van der Waals surface area contributed by atoms with E-state index in [1.165, 1.54) is 4.90 Å². The largest absolute Gasteiger partial charge is 0.493 e. The van der Waals surface area contributed by atoms with Gasteiger partial charge in [0.1, 0.15) is 19.0 Å². The van der Waals surface area contributed by atoms with Crippen LogP contribution in [0.1, 0.15) is 42.0 Å². The molecule has 0 saturated carbocycles. The first-order valence-electron chi connectivity index (χ1n) is 12.3.